The van der Waals surface area contributed by atoms with Gasteiger partial charge in [0.15, 0.2) is 27.3 Å². The standard InChI is InChI=1S/C23H21ClF3NO5S/c1-10(29)20-14-4-2-11(6-18(20)30)22(14)34(32,33)19-7-12(3-5-15(19)24)23(31)28-13-8-16(25)21(27)17(26)9-13/h3,5,7-11,14,20,22,29H,2,4,6H2,1H3,(H,28,31)/t10-,11?,14?,20?,22+/m1/s1. The lowest BCUT2D eigenvalue weighted by Crippen LogP contribution is -2.47. The number of nitrogens with one attached hydrogen (secondary N) is 1. The summed E-state index contributed by atoms with van der Waals surface area (Å²) in [6.45, 7) is 1.46. The van der Waals surface area contributed by atoms with Gasteiger partial charge in [0, 0.05) is 35.7 Å². The number of Topliss-reactive ketones (excluding diaryl/α,β-unsaturated/α-hetero) is 1. The first-order valence-corrected chi connectivity index (χ1v) is 12.5. The first kappa shape index (κ1) is 24.7. The maximum atomic E-state index is 13.7. The molecule has 0 aliphatic heterocycles. The molecular weight excluding hydrogens is 495 g/mol. The molecule has 11 heteroatoms. The summed E-state index contributed by atoms with van der Waals surface area (Å²) in [6.07, 6.45) is 0.0201. The molecule has 0 heterocycles. The molecule has 2 aromatic rings. The molecule has 0 radical (unpaired) electrons. The van der Waals surface area contributed by atoms with E-state index < -0.39 is 62.3 Å². The maximum absolute atomic E-state index is 13.7. The number of anilines is 1. The van der Waals surface area contributed by atoms with E-state index in [2.05, 4.69) is 5.32 Å². The van der Waals surface area contributed by atoms with Crippen LogP contribution in [0.1, 0.15) is 36.5 Å². The fourth-order valence-corrected chi connectivity index (χ4v) is 8.14. The van der Waals surface area contributed by atoms with E-state index >= 15 is 0 Å². The summed E-state index contributed by atoms with van der Waals surface area (Å²) in [5.41, 5.74) is -0.510. The van der Waals surface area contributed by atoms with Gasteiger partial charge in [-0.2, -0.15) is 0 Å². The SMILES string of the molecule is C[C@@H](O)C1C(=O)CC2CCC1[C@H]2S(=O)(=O)c1cc(C(=O)Nc2cc(F)c(F)c(F)c2)ccc1Cl. The van der Waals surface area contributed by atoms with Gasteiger partial charge in [-0.1, -0.05) is 11.6 Å². The third kappa shape index (κ3) is 4.23. The van der Waals surface area contributed by atoms with Gasteiger partial charge in [-0.3, -0.25) is 9.59 Å². The number of hydrogen-bond donors (Lipinski definition) is 2. The number of amides is 1. The van der Waals surface area contributed by atoms with Crippen molar-refractivity contribution in [1.82, 2.24) is 0 Å². The number of fused-ring (bicyclic) bond motifs is 2. The number of aliphatic hydroxyl groups is 1. The second kappa shape index (κ2) is 8.98. The molecular formula is C23H21ClF3NO5S. The zero-order valence-electron chi connectivity index (χ0n) is 17.9. The fourth-order valence-electron chi connectivity index (χ4n) is 5.27. The lowest BCUT2D eigenvalue weighted by molar-refractivity contribution is -0.130. The summed E-state index contributed by atoms with van der Waals surface area (Å²) in [5, 5.41) is 11.3. The molecule has 2 fully saturated rings. The summed E-state index contributed by atoms with van der Waals surface area (Å²) < 4.78 is 67.4. The van der Waals surface area contributed by atoms with Gasteiger partial charge in [0.05, 0.1) is 21.3 Å². The quantitative estimate of drug-likeness (QED) is 0.583. The van der Waals surface area contributed by atoms with Crippen molar-refractivity contribution < 1.29 is 36.3 Å². The van der Waals surface area contributed by atoms with Crippen molar-refractivity contribution in [3.8, 4) is 0 Å². The van der Waals surface area contributed by atoms with Gasteiger partial charge in [0.1, 0.15) is 5.78 Å². The van der Waals surface area contributed by atoms with Gasteiger partial charge in [0.25, 0.3) is 5.91 Å². The average Bonchev–Trinajstić information content (AvgIpc) is 3.07. The molecule has 0 spiro atoms. The van der Waals surface area contributed by atoms with E-state index in [1.54, 1.807) is 0 Å². The van der Waals surface area contributed by atoms with Crippen LogP contribution < -0.4 is 5.32 Å². The van der Waals surface area contributed by atoms with E-state index in [9.17, 15) is 36.3 Å². The van der Waals surface area contributed by atoms with Gasteiger partial charge in [-0.15, -0.1) is 0 Å². The van der Waals surface area contributed by atoms with Crippen LogP contribution in [0.2, 0.25) is 5.02 Å². The lowest BCUT2D eigenvalue weighted by Gasteiger charge is -2.36. The van der Waals surface area contributed by atoms with E-state index in [1.807, 2.05) is 0 Å². The predicted molar refractivity (Wildman–Crippen MR) is 118 cm³/mol. The Morgan fingerprint density at radius 3 is 2.41 bits per heavy atom. The molecule has 5 atom stereocenters. The molecule has 2 N–H and O–H groups in total. The molecule has 1 amide bonds. The van der Waals surface area contributed by atoms with Crippen molar-refractivity contribution >= 4 is 38.8 Å². The van der Waals surface area contributed by atoms with Crippen LogP contribution in [-0.4, -0.2) is 36.6 Å². The Kier molecular flexibility index (Phi) is 6.52. The van der Waals surface area contributed by atoms with Crippen molar-refractivity contribution in [2.24, 2.45) is 17.8 Å². The Morgan fingerprint density at radius 2 is 1.79 bits per heavy atom. The van der Waals surface area contributed by atoms with Crippen molar-refractivity contribution in [2.75, 3.05) is 5.32 Å². The molecule has 0 aromatic heterocycles. The highest BCUT2D eigenvalue weighted by molar-refractivity contribution is 7.92. The minimum absolute atomic E-state index is 0.0372. The molecule has 34 heavy (non-hydrogen) atoms. The summed E-state index contributed by atoms with van der Waals surface area (Å²) >= 11 is 6.20. The third-order valence-corrected chi connectivity index (χ3v) is 9.52. The third-order valence-electron chi connectivity index (χ3n) is 6.67. The summed E-state index contributed by atoms with van der Waals surface area (Å²) in [4.78, 5) is 24.8. The number of carbonyl (C=O) groups excluding carboxylic acids is 2. The monoisotopic (exact) mass is 515 g/mol. The number of ketones is 1. The maximum Gasteiger partial charge on any atom is 0.255 e. The first-order valence-electron chi connectivity index (χ1n) is 10.6. The Balaban J connectivity index is 1.67. The number of rotatable bonds is 5. The molecule has 3 unspecified atom stereocenters. The van der Waals surface area contributed by atoms with Gasteiger partial charge in [0.2, 0.25) is 0 Å². The number of benzene rings is 2. The summed E-state index contributed by atoms with van der Waals surface area (Å²) in [6, 6.07) is 4.71. The van der Waals surface area contributed by atoms with Crippen molar-refractivity contribution in [3.63, 3.8) is 0 Å². The fraction of sp³-hybridized carbons (Fsp3) is 0.391. The van der Waals surface area contributed by atoms with E-state index in [0.29, 0.717) is 25.0 Å². The first-order chi connectivity index (χ1) is 15.9. The van der Waals surface area contributed by atoms with Gasteiger partial charge in [-0.25, -0.2) is 21.6 Å². The minimum Gasteiger partial charge on any atom is -0.393 e. The predicted octanol–water partition coefficient (Wildman–Crippen LogP) is 4.15. The van der Waals surface area contributed by atoms with Gasteiger partial charge in [-0.05, 0) is 49.8 Å². The molecule has 182 valence electrons. The highest BCUT2D eigenvalue weighted by atomic mass is 35.5. The zero-order valence-corrected chi connectivity index (χ0v) is 19.5. The summed E-state index contributed by atoms with van der Waals surface area (Å²) in [5.74, 6) is -7.52. The van der Waals surface area contributed by atoms with Crippen LogP contribution in [-0.2, 0) is 14.6 Å². The van der Waals surface area contributed by atoms with Crippen molar-refractivity contribution in [2.45, 2.75) is 42.4 Å². The summed E-state index contributed by atoms with van der Waals surface area (Å²) in [7, 11) is -4.11. The molecule has 0 saturated heterocycles. The van der Waals surface area contributed by atoms with E-state index in [1.165, 1.54) is 19.1 Å². The van der Waals surface area contributed by atoms with Crippen LogP contribution in [0.3, 0.4) is 0 Å². The van der Waals surface area contributed by atoms with Crippen molar-refractivity contribution in [1.29, 1.82) is 0 Å². The van der Waals surface area contributed by atoms with Crippen LogP contribution in [0.15, 0.2) is 35.2 Å². The van der Waals surface area contributed by atoms with Crippen LogP contribution in [0, 0.1) is 35.2 Å². The minimum atomic E-state index is -4.11. The Bertz CT molecular complexity index is 1260. The Hall–Kier alpha value is -2.43. The smallest absolute Gasteiger partial charge is 0.255 e. The van der Waals surface area contributed by atoms with Crippen LogP contribution in [0.5, 0.6) is 0 Å². The number of hydrogen-bond acceptors (Lipinski definition) is 5. The van der Waals surface area contributed by atoms with E-state index in [-0.39, 0.29) is 33.4 Å². The number of halogens is 4. The number of sulfone groups is 1. The van der Waals surface area contributed by atoms with E-state index in [4.69, 9.17) is 11.6 Å². The van der Waals surface area contributed by atoms with Gasteiger partial charge >= 0.3 is 0 Å². The van der Waals surface area contributed by atoms with Crippen molar-refractivity contribution in [3.05, 3.63) is 58.4 Å². The zero-order chi connectivity index (χ0) is 24.9. The molecule has 2 saturated carbocycles. The molecule has 2 aliphatic carbocycles. The second-order valence-electron chi connectivity index (χ2n) is 8.80. The second-order valence-corrected chi connectivity index (χ2v) is 11.3. The topological polar surface area (TPSA) is 101 Å². The largest absolute Gasteiger partial charge is 0.393 e. The normalized spacial score (nSPS) is 25.3. The molecule has 2 aliphatic rings. The van der Waals surface area contributed by atoms with Crippen LogP contribution in [0.4, 0.5) is 18.9 Å². The van der Waals surface area contributed by atoms with Crippen LogP contribution in [0.25, 0.3) is 0 Å². The number of carbonyl (C=O) groups is 2. The van der Waals surface area contributed by atoms with Gasteiger partial charge < -0.3 is 10.4 Å². The van der Waals surface area contributed by atoms with Crippen LogP contribution >= 0.6 is 11.6 Å². The Labute approximate surface area is 199 Å². The number of aliphatic hydroxyl groups excluding tert-OH is 1. The molecule has 2 aromatic carbocycles. The van der Waals surface area contributed by atoms with E-state index in [0.717, 1.165) is 6.07 Å². The molecule has 4 rings (SSSR count). The highest BCUT2D eigenvalue weighted by Crippen LogP contribution is 2.50. The molecule has 2 bridgehead atoms. The molecule has 6 nitrogen and oxygen atoms in total. The lowest BCUT2D eigenvalue weighted by atomic mass is 9.76. The average molecular weight is 516 g/mol. The Morgan fingerprint density at radius 1 is 1.15 bits per heavy atom. The highest BCUT2D eigenvalue weighted by Gasteiger charge is 2.55.